The summed E-state index contributed by atoms with van der Waals surface area (Å²) in [5.74, 6) is 0. The molecule has 2 aromatic heterocycles. The molecule has 0 amide bonds. The van der Waals surface area contributed by atoms with E-state index in [0.29, 0.717) is 23.6 Å². The van der Waals surface area contributed by atoms with E-state index in [2.05, 4.69) is 21.0 Å². The fraction of sp³-hybridized carbons (Fsp3) is 0.333. The minimum absolute atomic E-state index is 0.172. The minimum Gasteiger partial charge on any atom is -0.276 e. The molecule has 8 heteroatoms. The molecule has 7 nitrogen and oxygen atoms in total. The molecule has 1 N–H and O–H groups in total. The number of hydrogen-bond donors (Lipinski definition) is 1. The molecule has 3 rings (SSSR count). The van der Waals surface area contributed by atoms with Gasteiger partial charge < -0.3 is 0 Å². The van der Waals surface area contributed by atoms with Crippen LogP contribution in [0.3, 0.4) is 0 Å². The van der Waals surface area contributed by atoms with E-state index in [1.54, 1.807) is 20.9 Å². The maximum atomic E-state index is 12.8. The Bertz CT molecular complexity index is 1060. The third-order valence-corrected chi connectivity index (χ3v) is 5.97. The van der Waals surface area contributed by atoms with E-state index >= 15 is 0 Å². The zero-order chi connectivity index (χ0) is 19.1. The predicted octanol–water partition coefficient (Wildman–Crippen LogP) is 2.70. The third kappa shape index (κ3) is 3.37. The van der Waals surface area contributed by atoms with Crippen LogP contribution >= 0.6 is 0 Å². The maximum Gasteiger partial charge on any atom is 0.265 e. The molecular formula is C18H23N5O2S. The molecular weight excluding hydrogens is 350 g/mol. The minimum atomic E-state index is -3.72. The van der Waals surface area contributed by atoms with E-state index in [-0.39, 0.29) is 4.90 Å². The zero-order valence-corrected chi connectivity index (χ0v) is 16.4. The van der Waals surface area contributed by atoms with E-state index in [1.165, 1.54) is 16.4 Å². The van der Waals surface area contributed by atoms with Gasteiger partial charge in [0.2, 0.25) is 0 Å². The summed E-state index contributed by atoms with van der Waals surface area (Å²) in [6, 6.07) is 8.18. The van der Waals surface area contributed by atoms with Gasteiger partial charge in [0.25, 0.3) is 10.0 Å². The molecule has 0 saturated heterocycles. The van der Waals surface area contributed by atoms with Gasteiger partial charge >= 0.3 is 0 Å². The highest BCUT2D eigenvalue weighted by atomic mass is 32.2. The first-order chi connectivity index (χ1) is 12.2. The number of sulfonamides is 1. The lowest BCUT2D eigenvalue weighted by molar-refractivity contribution is 0.600. The van der Waals surface area contributed by atoms with Crippen molar-refractivity contribution in [2.45, 2.75) is 39.1 Å². The van der Waals surface area contributed by atoms with Crippen molar-refractivity contribution in [1.29, 1.82) is 0 Å². The lowest BCUT2D eigenvalue weighted by Gasteiger charge is -2.09. The Morgan fingerprint density at radius 1 is 1.12 bits per heavy atom. The van der Waals surface area contributed by atoms with Gasteiger partial charge in [-0.3, -0.25) is 14.1 Å². The molecule has 138 valence electrons. The van der Waals surface area contributed by atoms with Crippen molar-refractivity contribution in [1.82, 2.24) is 19.6 Å². The predicted molar refractivity (Wildman–Crippen MR) is 101 cm³/mol. The van der Waals surface area contributed by atoms with Gasteiger partial charge in [-0.2, -0.15) is 10.2 Å². The van der Waals surface area contributed by atoms with Crippen LogP contribution in [-0.4, -0.2) is 28.0 Å². The van der Waals surface area contributed by atoms with Crippen molar-refractivity contribution in [3.05, 3.63) is 58.7 Å². The second-order valence-electron chi connectivity index (χ2n) is 6.52. The van der Waals surface area contributed by atoms with Gasteiger partial charge in [-0.15, -0.1) is 0 Å². The first-order valence-corrected chi connectivity index (χ1v) is 9.78. The van der Waals surface area contributed by atoms with E-state index in [4.69, 9.17) is 0 Å². The van der Waals surface area contributed by atoms with Crippen LogP contribution in [0.2, 0.25) is 0 Å². The third-order valence-electron chi connectivity index (χ3n) is 4.51. The lowest BCUT2D eigenvalue weighted by atomic mass is 10.1. The summed E-state index contributed by atoms with van der Waals surface area (Å²) in [5.41, 5.74) is 4.81. The zero-order valence-electron chi connectivity index (χ0n) is 15.6. The molecule has 0 bridgehead atoms. The second-order valence-corrected chi connectivity index (χ2v) is 8.17. The van der Waals surface area contributed by atoms with Crippen molar-refractivity contribution in [3.63, 3.8) is 0 Å². The highest BCUT2D eigenvalue weighted by Gasteiger charge is 2.23. The van der Waals surface area contributed by atoms with Crippen molar-refractivity contribution in [3.8, 4) is 0 Å². The summed E-state index contributed by atoms with van der Waals surface area (Å²) in [7, 11) is -2.01. The van der Waals surface area contributed by atoms with Gasteiger partial charge in [0, 0.05) is 7.05 Å². The van der Waals surface area contributed by atoms with Crippen LogP contribution in [0.1, 0.15) is 28.2 Å². The molecule has 0 atom stereocenters. The number of rotatable bonds is 5. The van der Waals surface area contributed by atoms with Crippen LogP contribution in [0.25, 0.3) is 0 Å². The summed E-state index contributed by atoms with van der Waals surface area (Å²) >= 11 is 0. The van der Waals surface area contributed by atoms with Crippen molar-refractivity contribution in [2.24, 2.45) is 7.05 Å². The number of aryl methyl sites for hydroxylation is 3. The number of aromatic nitrogens is 4. The summed E-state index contributed by atoms with van der Waals surface area (Å²) < 4.78 is 31.5. The number of hydrogen-bond acceptors (Lipinski definition) is 4. The molecule has 26 heavy (non-hydrogen) atoms. The van der Waals surface area contributed by atoms with Gasteiger partial charge in [0.05, 0.1) is 35.5 Å². The van der Waals surface area contributed by atoms with Crippen molar-refractivity contribution >= 4 is 15.7 Å². The van der Waals surface area contributed by atoms with Crippen LogP contribution < -0.4 is 4.72 Å². The molecule has 0 spiro atoms. The van der Waals surface area contributed by atoms with Crippen LogP contribution in [-0.2, 0) is 23.6 Å². The highest BCUT2D eigenvalue weighted by Crippen LogP contribution is 2.25. The Balaban J connectivity index is 1.92. The SMILES string of the molecule is Cc1cccc(Cn2nc(C)c(NS(=O)(=O)c3cnn(C)c3C)c2C)c1. The van der Waals surface area contributed by atoms with Crippen molar-refractivity contribution < 1.29 is 8.42 Å². The van der Waals surface area contributed by atoms with E-state index < -0.39 is 10.0 Å². The summed E-state index contributed by atoms with van der Waals surface area (Å²) in [4.78, 5) is 0.172. The van der Waals surface area contributed by atoms with Crippen molar-refractivity contribution in [2.75, 3.05) is 4.72 Å². The average molecular weight is 373 g/mol. The van der Waals surface area contributed by atoms with E-state index in [9.17, 15) is 8.42 Å². The summed E-state index contributed by atoms with van der Waals surface area (Å²) in [6.45, 7) is 8.02. The molecule has 3 aromatic rings. The number of nitrogens with zero attached hydrogens (tertiary/aromatic N) is 4. The average Bonchev–Trinajstić information content (AvgIpc) is 3.02. The molecule has 0 saturated carbocycles. The molecule has 2 heterocycles. The van der Waals surface area contributed by atoms with Gasteiger partial charge in [-0.05, 0) is 33.3 Å². The Hall–Kier alpha value is -2.61. The second kappa shape index (κ2) is 6.60. The fourth-order valence-corrected chi connectivity index (χ4v) is 4.29. The molecule has 0 aliphatic heterocycles. The highest BCUT2D eigenvalue weighted by molar-refractivity contribution is 7.92. The molecule has 1 aromatic carbocycles. The largest absolute Gasteiger partial charge is 0.276 e. The number of anilines is 1. The normalized spacial score (nSPS) is 11.7. The van der Waals surface area contributed by atoms with Crippen LogP contribution in [0.15, 0.2) is 35.4 Å². The topological polar surface area (TPSA) is 81.8 Å². The van der Waals surface area contributed by atoms with Gasteiger partial charge in [0.15, 0.2) is 0 Å². The Labute approximate surface area is 153 Å². The molecule has 0 radical (unpaired) electrons. The monoisotopic (exact) mass is 373 g/mol. The number of nitrogens with one attached hydrogen (secondary N) is 1. The van der Waals surface area contributed by atoms with Crippen LogP contribution in [0, 0.1) is 27.7 Å². The van der Waals surface area contributed by atoms with Gasteiger partial charge in [-0.1, -0.05) is 29.8 Å². The fourth-order valence-electron chi connectivity index (χ4n) is 2.91. The standard InChI is InChI=1S/C18H23N5O2S/c1-12-7-6-8-16(9-12)11-23-15(4)18(13(2)20-23)21-26(24,25)17-10-19-22(5)14(17)3/h6-10,21H,11H2,1-5H3. The maximum absolute atomic E-state index is 12.8. The van der Waals surface area contributed by atoms with E-state index in [0.717, 1.165) is 11.3 Å². The van der Waals surface area contributed by atoms with Gasteiger partial charge in [-0.25, -0.2) is 8.42 Å². The van der Waals surface area contributed by atoms with Crippen LogP contribution in [0.4, 0.5) is 5.69 Å². The Kier molecular flexibility index (Phi) is 4.62. The Morgan fingerprint density at radius 2 is 1.85 bits per heavy atom. The lowest BCUT2D eigenvalue weighted by Crippen LogP contribution is -2.15. The summed E-state index contributed by atoms with van der Waals surface area (Å²) in [5, 5.41) is 8.52. The van der Waals surface area contributed by atoms with E-state index in [1.807, 2.05) is 36.7 Å². The first-order valence-electron chi connectivity index (χ1n) is 8.30. The van der Waals surface area contributed by atoms with Gasteiger partial charge in [0.1, 0.15) is 4.90 Å². The first kappa shape index (κ1) is 18.2. The molecule has 0 unspecified atom stereocenters. The molecule has 0 fully saturated rings. The Morgan fingerprint density at radius 3 is 2.46 bits per heavy atom. The molecule has 0 aliphatic carbocycles. The smallest absolute Gasteiger partial charge is 0.265 e. The summed E-state index contributed by atoms with van der Waals surface area (Å²) in [6.07, 6.45) is 1.36. The quantitative estimate of drug-likeness (QED) is 0.745. The molecule has 0 aliphatic rings. The van der Waals surface area contributed by atoms with Crippen LogP contribution in [0.5, 0.6) is 0 Å². The number of benzene rings is 1.